The lowest BCUT2D eigenvalue weighted by Crippen LogP contribution is -2.27. The summed E-state index contributed by atoms with van der Waals surface area (Å²) < 4.78 is 20.9. The van der Waals surface area contributed by atoms with Gasteiger partial charge in [-0.1, -0.05) is 88.4 Å². The molecule has 1 aliphatic rings. The van der Waals surface area contributed by atoms with Crippen LogP contribution in [0.1, 0.15) is 21.5 Å². The molecule has 0 bridgehead atoms. The molecule has 5 nitrogen and oxygen atoms in total. The zero-order valence-electron chi connectivity index (χ0n) is 22.4. The monoisotopic (exact) mass is 668 g/mol. The number of hydrogen-bond donors (Lipinski definition) is 1. The number of ether oxygens (including phenoxy) is 1. The summed E-state index contributed by atoms with van der Waals surface area (Å²) in [6.07, 6.45) is 1.82. The average Bonchev–Trinajstić information content (AvgIpc) is 3.30. The molecule has 0 spiro atoms. The Morgan fingerprint density at radius 1 is 0.953 bits per heavy atom. The molecule has 2 amide bonds. The minimum absolute atomic E-state index is 0.294. The van der Waals surface area contributed by atoms with Crippen LogP contribution in [-0.4, -0.2) is 16.1 Å². The zero-order chi connectivity index (χ0) is 29.9. The lowest BCUT2D eigenvalue weighted by atomic mass is 10.0. The van der Waals surface area contributed by atoms with E-state index < -0.39 is 11.7 Å². The first-order valence-electron chi connectivity index (χ1n) is 13.2. The van der Waals surface area contributed by atoms with E-state index in [1.165, 1.54) is 40.9 Å². The van der Waals surface area contributed by atoms with Gasteiger partial charge in [0.1, 0.15) is 18.2 Å². The van der Waals surface area contributed by atoms with Crippen LogP contribution in [0.3, 0.4) is 0 Å². The number of fused-ring (bicyclic) bond motifs is 1. The molecule has 0 radical (unpaired) electrons. The van der Waals surface area contributed by atoms with Crippen LogP contribution in [0.25, 0.3) is 16.8 Å². The molecule has 1 saturated heterocycles. The molecule has 5 aromatic carbocycles. The molecule has 1 aliphatic heterocycles. The predicted molar refractivity (Wildman–Crippen MR) is 179 cm³/mol. The van der Waals surface area contributed by atoms with Gasteiger partial charge in [0.05, 0.1) is 10.6 Å². The molecule has 1 N–H and O–H groups in total. The van der Waals surface area contributed by atoms with Crippen molar-refractivity contribution in [3.8, 4) is 5.75 Å². The van der Waals surface area contributed by atoms with Gasteiger partial charge in [0.15, 0.2) is 4.32 Å². The Hall–Kier alpha value is -4.31. The highest BCUT2D eigenvalue weighted by Gasteiger charge is 2.34. The summed E-state index contributed by atoms with van der Waals surface area (Å²) in [7, 11) is 0. The van der Waals surface area contributed by atoms with Crippen LogP contribution in [-0.2, 0) is 11.4 Å². The third kappa shape index (κ3) is 6.39. The highest BCUT2D eigenvalue weighted by atomic mass is 79.9. The van der Waals surface area contributed by atoms with Gasteiger partial charge < -0.3 is 10.1 Å². The first-order valence-corrected chi connectivity index (χ1v) is 15.2. The van der Waals surface area contributed by atoms with E-state index in [0.717, 1.165) is 26.4 Å². The standard InChI is InChI=1S/C34H22BrFN2O3S2/c35-24-11-8-21(9-12-24)20-41-30-17-10-22-4-1-2-7-28(22)29(30)19-31-33(40)38(34(42)43-31)27-6-3-5-23(18-27)32(39)37-26-15-13-25(36)14-16-26/h1-19H,20H2,(H,37,39)/b31-19+. The van der Waals surface area contributed by atoms with Crippen molar-refractivity contribution in [1.82, 2.24) is 0 Å². The number of halogens is 2. The summed E-state index contributed by atoms with van der Waals surface area (Å²) in [6.45, 7) is 0.361. The summed E-state index contributed by atoms with van der Waals surface area (Å²) >= 11 is 10.3. The van der Waals surface area contributed by atoms with Gasteiger partial charge in [-0.05, 0) is 83.1 Å². The average molecular weight is 670 g/mol. The Morgan fingerprint density at radius 2 is 1.72 bits per heavy atom. The van der Waals surface area contributed by atoms with Crippen molar-refractivity contribution in [3.63, 3.8) is 0 Å². The number of rotatable bonds is 7. The fourth-order valence-electron chi connectivity index (χ4n) is 4.64. The van der Waals surface area contributed by atoms with Crippen molar-refractivity contribution < 1.29 is 18.7 Å². The first kappa shape index (κ1) is 28.8. The first-order chi connectivity index (χ1) is 20.9. The number of thiocarbonyl (C=S) groups is 1. The molecule has 1 heterocycles. The third-order valence-corrected chi connectivity index (χ3v) is 8.61. The summed E-state index contributed by atoms with van der Waals surface area (Å²) in [5.74, 6) is -0.434. The van der Waals surface area contributed by atoms with Gasteiger partial charge in [0.2, 0.25) is 0 Å². The van der Waals surface area contributed by atoms with E-state index in [1.54, 1.807) is 24.3 Å². The number of hydrogen-bond acceptors (Lipinski definition) is 5. The number of amides is 2. The Bertz CT molecular complexity index is 1910. The highest BCUT2D eigenvalue weighted by molar-refractivity contribution is 9.10. The molecule has 6 rings (SSSR count). The second kappa shape index (κ2) is 12.5. The third-order valence-electron chi connectivity index (χ3n) is 6.78. The molecule has 43 heavy (non-hydrogen) atoms. The van der Waals surface area contributed by atoms with Gasteiger partial charge in [0.25, 0.3) is 11.8 Å². The Kier molecular flexibility index (Phi) is 8.38. The number of nitrogens with zero attached hydrogens (tertiary/aromatic N) is 1. The van der Waals surface area contributed by atoms with Gasteiger partial charge >= 0.3 is 0 Å². The number of nitrogens with one attached hydrogen (secondary N) is 1. The lowest BCUT2D eigenvalue weighted by Gasteiger charge is -2.16. The molecule has 0 atom stereocenters. The van der Waals surface area contributed by atoms with Crippen LogP contribution in [0.2, 0.25) is 0 Å². The molecule has 0 unspecified atom stereocenters. The maximum Gasteiger partial charge on any atom is 0.270 e. The van der Waals surface area contributed by atoms with Crippen LogP contribution in [0, 0.1) is 5.82 Å². The predicted octanol–water partition coefficient (Wildman–Crippen LogP) is 8.98. The smallest absolute Gasteiger partial charge is 0.270 e. The van der Waals surface area contributed by atoms with Crippen LogP contribution >= 0.6 is 39.9 Å². The van der Waals surface area contributed by atoms with Gasteiger partial charge in [-0.15, -0.1) is 0 Å². The topological polar surface area (TPSA) is 58.6 Å². The van der Waals surface area contributed by atoms with Gasteiger partial charge in [-0.2, -0.15) is 0 Å². The lowest BCUT2D eigenvalue weighted by molar-refractivity contribution is -0.113. The number of carbonyl (C=O) groups excluding carboxylic acids is 2. The molecule has 212 valence electrons. The van der Waals surface area contributed by atoms with Gasteiger partial charge in [0, 0.05) is 21.3 Å². The SMILES string of the molecule is O=C(Nc1ccc(F)cc1)c1cccc(N2C(=O)/C(=C\c3c(OCc4ccc(Br)cc4)ccc4ccccc34)SC2=S)c1. The second-order valence-electron chi connectivity index (χ2n) is 9.64. The van der Waals surface area contributed by atoms with E-state index in [-0.39, 0.29) is 5.91 Å². The van der Waals surface area contributed by atoms with E-state index in [9.17, 15) is 14.0 Å². The molecule has 9 heteroatoms. The van der Waals surface area contributed by atoms with Crippen LogP contribution in [0.15, 0.2) is 119 Å². The highest BCUT2D eigenvalue weighted by Crippen LogP contribution is 2.39. The van der Waals surface area contributed by atoms with Crippen molar-refractivity contribution in [1.29, 1.82) is 0 Å². The van der Waals surface area contributed by atoms with Crippen molar-refractivity contribution in [2.45, 2.75) is 6.61 Å². The second-order valence-corrected chi connectivity index (χ2v) is 12.2. The summed E-state index contributed by atoms with van der Waals surface area (Å²) in [4.78, 5) is 28.5. The molecular formula is C34H22BrFN2O3S2. The van der Waals surface area contributed by atoms with Crippen LogP contribution < -0.4 is 15.0 Å². The summed E-state index contributed by atoms with van der Waals surface area (Å²) in [5, 5.41) is 4.70. The number of benzene rings is 5. The minimum Gasteiger partial charge on any atom is -0.488 e. The largest absolute Gasteiger partial charge is 0.488 e. The van der Waals surface area contributed by atoms with E-state index in [2.05, 4.69) is 21.2 Å². The van der Waals surface area contributed by atoms with Crippen molar-refractivity contribution in [2.24, 2.45) is 0 Å². The Labute approximate surface area is 265 Å². The van der Waals surface area contributed by atoms with Crippen LogP contribution in [0.4, 0.5) is 15.8 Å². The molecule has 0 aliphatic carbocycles. The van der Waals surface area contributed by atoms with Gasteiger partial charge in [-0.25, -0.2) is 4.39 Å². The van der Waals surface area contributed by atoms with Crippen LogP contribution in [0.5, 0.6) is 5.75 Å². The fraction of sp³-hybridized carbons (Fsp3) is 0.0294. The van der Waals surface area contributed by atoms with E-state index >= 15 is 0 Å². The van der Waals surface area contributed by atoms with Crippen molar-refractivity contribution in [2.75, 3.05) is 10.2 Å². The number of thioether (sulfide) groups is 1. The normalized spacial score (nSPS) is 14.0. The molecule has 0 saturated carbocycles. The molecule has 5 aromatic rings. The van der Waals surface area contributed by atoms with Crippen molar-refractivity contribution in [3.05, 3.63) is 141 Å². The van der Waals surface area contributed by atoms with E-state index in [1.807, 2.05) is 66.7 Å². The summed E-state index contributed by atoms with van der Waals surface area (Å²) in [5.41, 5.74) is 3.05. The number of anilines is 2. The zero-order valence-corrected chi connectivity index (χ0v) is 25.6. The minimum atomic E-state index is -0.394. The Morgan fingerprint density at radius 3 is 2.51 bits per heavy atom. The number of carbonyl (C=O) groups is 2. The van der Waals surface area contributed by atoms with E-state index in [0.29, 0.717) is 38.5 Å². The maximum atomic E-state index is 13.8. The van der Waals surface area contributed by atoms with Gasteiger partial charge in [-0.3, -0.25) is 14.5 Å². The molecule has 0 aromatic heterocycles. The summed E-state index contributed by atoms with van der Waals surface area (Å²) in [6, 6.07) is 31.9. The molecule has 1 fully saturated rings. The van der Waals surface area contributed by atoms with E-state index in [4.69, 9.17) is 17.0 Å². The Balaban J connectivity index is 1.29. The fourth-order valence-corrected chi connectivity index (χ4v) is 6.18. The quantitative estimate of drug-likeness (QED) is 0.139. The maximum absolute atomic E-state index is 13.8. The molecular weight excluding hydrogens is 647 g/mol. The van der Waals surface area contributed by atoms with Crippen molar-refractivity contribution >= 4 is 84.3 Å².